The highest BCUT2D eigenvalue weighted by atomic mass is 16.5. The molecule has 1 aromatic heterocycles. The van der Waals surface area contributed by atoms with Crippen LogP contribution in [0.15, 0.2) is 72.8 Å². The van der Waals surface area contributed by atoms with Gasteiger partial charge >= 0.3 is 0 Å². The molecule has 7 heteroatoms. The Balaban J connectivity index is 1.34. The van der Waals surface area contributed by atoms with Gasteiger partial charge in [-0.15, -0.1) is 0 Å². The lowest BCUT2D eigenvalue weighted by Crippen LogP contribution is -2.24. The molecule has 2 heterocycles. The first-order chi connectivity index (χ1) is 17.2. The van der Waals surface area contributed by atoms with Gasteiger partial charge in [-0.05, 0) is 42.8 Å². The number of methoxy groups -OCH3 is 2. The number of para-hydroxylation sites is 4. The highest BCUT2D eigenvalue weighted by molar-refractivity contribution is 5.96. The molecule has 1 fully saturated rings. The smallest absolute Gasteiger partial charge is 0.227 e. The standard InChI is InChI=1S/C28H29N3O4/c1-33-22-10-7-9-21(18-22)31-19-20(17-27(31)32)28-29-23-11-3-4-12-24(23)30(28)15-8-16-35-26-14-6-5-13-25(26)34-2/h3-7,9-14,18,20H,8,15-17,19H2,1-2H3/t20-/m0/s1. The van der Waals surface area contributed by atoms with Gasteiger partial charge in [-0.2, -0.15) is 0 Å². The van der Waals surface area contributed by atoms with Crippen LogP contribution < -0.4 is 19.1 Å². The molecule has 0 bridgehead atoms. The van der Waals surface area contributed by atoms with Gasteiger partial charge in [0.25, 0.3) is 0 Å². The predicted octanol–water partition coefficient (Wildman–Crippen LogP) is 5.04. The van der Waals surface area contributed by atoms with Gasteiger partial charge < -0.3 is 23.7 Å². The van der Waals surface area contributed by atoms with Gasteiger partial charge in [0.1, 0.15) is 11.6 Å². The van der Waals surface area contributed by atoms with Gasteiger partial charge in [0.05, 0.1) is 31.9 Å². The van der Waals surface area contributed by atoms with Crippen molar-refractivity contribution in [2.45, 2.75) is 25.3 Å². The van der Waals surface area contributed by atoms with E-state index in [1.165, 1.54) is 0 Å². The van der Waals surface area contributed by atoms with Crippen LogP contribution in [0.25, 0.3) is 11.0 Å². The minimum atomic E-state index is 0.0104. The van der Waals surface area contributed by atoms with E-state index < -0.39 is 0 Å². The Morgan fingerprint density at radius 1 is 0.943 bits per heavy atom. The molecule has 0 saturated carbocycles. The van der Waals surface area contributed by atoms with Crippen molar-refractivity contribution < 1.29 is 19.0 Å². The van der Waals surface area contributed by atoms with Crippen LogP contribution in [0, 0.1) is 0 Å². The van der Waals surface area contributed by atoms with Crippen LogP contribution in [0.1, 0.15) is 24.6 Å². The zero-order valence-electron chi connectivity index (χ0n) is 20.0. The molecule has 180 valence electrons. The fourth-order valence-electron chi connectivity index (χ4n) is 4.69. The number of rotatable bonds is 9. The Kier molecular flexibility index (Phi) is 6.57. The van der Waals surface area contributed by atoms with Gasteiger partial charge in [0, 0.05) is 37.2 Å². The van der Waals surface area contributed by atoms with E-state index in [0.29, 0.717) is 19.6 Å². The first kappa shape index (κ1) is 22.8. The number of hydrogen-bond acceptors (Lipinski definition) is 5. The number of hydrogen-bond donors (Lipinski definition) is 0. The van der Waals surface area contributed by atoms with Gasteiger partial charge in [-0.3, -0.25) is 4.79 Å². The van der Waals surface area contributed by atoms with Crippen molar-refractivity contribution in [2.75, 3.05) is 32.3 Å². The lowest BCUT2D eigenvalue weighted by atomic mass is 10.1. The first-order valence-electron chi connectivity index (χ1n) is 11.8. The summed E-state index contributed by atoms with van der Waals surface area (Å²) >= 11 is 0. The van der Waals surface area contributed by atoms with Crippen molar-refractivity contribution in [1.82, 2.24) is 9.55 Å². The summed E-state index contributed by atoms with van der Waals surface area (Å²) in [5.74, 6) is 3.25. The molecule has 1 saturated heterocycles. The van der Waals surface area contributed by atoms with E-state index in [2.05, 4.69) is 10.6 Å². The third-order valence-corrected chi connectivity index (χ3v) is 6.39. The maximum Gasteiger partial charge on any atom is 0.227 e. The number of anilines is 1. The molecule has 5 rings (SSSR count). The molecule has 0 aliphatic carbocycles. The summed E-state index contributed by atoms with van der Waals surface area (Å²) in [5, 5.41) is 0. The molecule has 1 aliphatic rings. The lowest BCUT2D eigenvalue weighted by Gasteiger charge is -2.18. The zero-order valence-corrected chi connectivity index (χ0v) is 20.0. The predicted molar refractivity (Wildman–Crippen MR) is 136 cm³/mol. The normalized spacial score (nSPS) is 15.5. The summed E-state index contributed by atoms with van der Waals surface area (Å²) in [6.45, 7) is 1.88. The summed E-state index contributed by atoms with van der Waals surface area (Å²) in [7, 11) is 3.28. The highest BCUT2D eigenvalue weighted by Gasteiger charge is 2.35. The second-order valence-corrected chi connectivity index (χ2v) is 8.57. The Labute approximate surface area is 204 Å². The summed E-state index contributed by atoms with van der Waals surface area (Å²) < 4.78 is 19.0. The van der Waals surface area contributed by atoms with Crippen LogP contribution in [0.4, 0.5) is 5.69 Å². The molecular formula is C28H29N3O4. The van der Waals surface area contributed by atoms with Crippen molar-refractivity contribution >= 4 is 22.6 Å². The summed E-state index contributed by atoms with van der Waals surface area (Å²) in [4.78, 5) is 19.8. The monoisotopic (exact) mass is 471 g/mol. The van der Waals surface area contributed by atoms with E-state index in [1.54, 1.807) is 14.2 Å². The number of imidazole rings is 1. The molecule has 1 aliphatic heterocycles. The van der Waals surface area contributed by atoms with Gasteiger partial charge in [0.15, 0.2) is 11.5 Å². The van der Waals surface area contributed by atoms with Crippen molar-refractivity contribution in [3.8, 4) is 17.2 Å². The second-order valence-electron chi connectivity index (χ2n) is 8.57. The Bertz CT molecular complexity index is 1330. The number of ether oxygens (including phenoxy) is 3. The summed E-state index contributed by atoms with van der Waals surface area (Å²) in [6, 6.07) is 23.4. The maximum atomic E-state index is 13.0. The Morgan fingerprint density at radius 3 is 2.57 bits per heavy atom. The molecule has 1 atom stereocenters. The summed E-state index contributed by atoms with van der Waals surface area (Å²) in [6.07, 6.45) is 1.23. The largest absolute Gasteiger partial charge is 0.497 e. The van der Waals surface area contributed by atoms with Crippen LogP contribution in [0.5, 0.6) is 17.2 Å². The fourth-order valence-corrected chi connectivity index (χ4v) is 4.69. The van der Waals surface area contributed by atoms with E-state index in [9.17, 15) is 4.79 Å². The zero-order chi connectivity index (χ0) is 24.2. The minimum Gasteiger partial charge on any atom is -0.497 e. The second kappa shape index (κ2) is 10.1. The third-order valence-electron chi connectivity index (χ3n) is 6.39. The average molecular weight is 472 g/mol. The Morgan fingerprint density at radius 2 is 1.74 bits per heavy atom. The number of amides is 1. The minimum absolute atomic E-state index is 0.0104. The molecular weight excluding hydrogens is 442 g/mol. The van der Waals surface area contributed by atoms with Crippen molar-refractivity contribution in [2.24, 2.45) is 0 Å². The molecule has 0 spiro atoms. The Hall–Kier alpha value is -4.00. The number of aromatic nitrogens is 2. The molecule has 0 radical (unpaired) electrons. The fraction of sp³-hybridized carbons (Fsp3) is 0.286. The van der Waals surface area contributed by atoms with Crippen LogP contribution in [-0.2, 0) is 11.3 Å². The number of fused-ring (bicyclic) bond motifs is 1. The lowest BCUT2D eigenvalue weighted by molar-refractivity contribution is -0.117. The number of nitrogens with zero attached hydrogens (tertiary/aromatic N) is 3. The van der Waals surface area contributed by atoms with E-state index >= 15 is 0 Å². The maximum absolute atomic E-state index is 13.0. The summed E-state index contributed by atoms with van der Waals surface area (Å²) in [5.41, 5.74) is 2.87. The molecule has 0 N–H and O–H groups in total. The van der Waals surface area contributed by atoms with E-state index in [-0.39, 0.29) is 11.8 Å². The SMILES string of the molecule is COc1cccc(N2C[C@@H](c3nc4ccccc4n3CCCOc3ccccc3OC)CC2=O)c1. The van der Waals surface area contributed by atoms with E-state index in [0.717, 1.165) is 52.8 Å². The molecule has 1 amide bonds. The number of carbonyl (C=O) groups excluding carboxylic acids is 1. The highest BCUT2D eigenvalue weighted by Crippen LogP contribution is 2.34. The number of aryl methyl sites for hydroxylation is 1. The van der Waals surface area contributed by atoms with Crippen LogP contribution in [0.3, 0.4) is 0 Å². The molecule has 35 heavy (non-hydrogen) atoms. The van der Waals surface area contributed by atoms with Crippen LogP contribution in [-0.4, -0.2) is 42.8 Å². The van der Waals surface area contributed by atoms with Crippen molar-refractivity contribution in [3.05, 3.63) is 78.6 Å². The average Bonchev–Trinajstić information content (AvgIpc) is 3.47. The first-order valence-corrected chi connectivity index (χ1v) is 11.8. The topological polar surface area (TPSA) is 65.8 Å². The van der Waals surface area contributed by atoms with Gasteiger partial charge in [-0.1, -0.05) is 30.3 Å². The quantitative estimate of drug-likeness (QED) is 0.320. The molecule has 7 nitrogen and oxygen atoms in total. The van der Waals surface area contributed by atoms with Crippen molar-refractivity contribution in [1.29, 1.82) is 0 Å². The third kappa shape index (κ3) is 4.67. The molecule has 0 unspecified atom stereocenters. The number of carbonyl (C=O) groups is 1. The molecule has 4 aromatic rings. The number of benzene rings is 3. The van der Waals surface area contributed by atoms with Gasteiger partial charge in [0.2, 0.25) is 5.91 Å². The molecule has 3 aromatic carbocycles. The van der Waals surface area contributed by atoms with E-state index in [4.69, 9.17) is 19.2 Å². The van der Waals surface area contributed by atoms with Crippen molar-refractivity contribution in [3.63, 3.8) is 0 Å². The van der Waals surface area contributed by atoms with Gasteiger partial charge in [-0.25, -0.2) is 4.98 Å². The van der Waals surface area contributed by atoms with E-state index in [1.807, 2.05) is 71.6 Å². The van der Waals surface area contributed by atoms with Crippen LogP contribution >= 0.6 is 0 Å². The van der Waals surface area contributed by atoms with Crippen LogP contribution in [0.2, 0.25) is 0 Å².